The van der Waals surface area contributed by atoms with Gasteiger partial charge >= 0.3 is 0 Å². The Kier molecular flexibility index (Phi) is 4.61. The van der Waals surface area contributed by atoms with Gasteiger partial charge < -0.3 is 18.8 Å². The van der Waals surface area contributed by atoms with Crippen LogP contribution in [0.25, 0.3) is 22.4 Å². The first kappa shape index (κ1) is 15.8. The molecule has 3 rings (SSSR count). The van der Waals surface area contributed by atoms with Gasteiger partial charge in [-0.3, -0.25) is 0 Å². The molecule has 0 atom stereocenters. The van der Waals surface area contributed by atoms with Crippen molar-refractivity contribution in [3.05, 3.63) is 54.3 Å². The van der Waals surface area contributed by atoms with E-state index in [2.05, 4.69) is 5.16 Å². The molecule has 0 aliphatic carbocycles. The molecule has 24 heavy (non-hydrogen) atoms. The Morgan fingerprint density at radius 3 is 1.96 bits per heavy atom. The first-order valence-corrected chi connectivity index (χ1v) is 7.48. The van der Waals surface area contributed by atoms with Crippen LogP contribution < -0.4 is 9.47 Å². The average Bonchev–Trinajstić information content (AvgIpc) is 3.06. The number of ether oxygens (including phenoxy) is 2. The molecule has 1 aromatic heterocycles. The van der Waals surface area contributed by atoms with E-state index in [0.717, 1.165) is 34.5 Å². The van der Waals surface area contributed by atoms with Crippen LogP contribution in [-0.2, 0) is 11.2 Å². The third kappa shape index (κ3) is 3.01. The molecule has 122 valence electrons. The van der Waals surface area contributed by atoms with Gasteiger partial charge in [0.1, 0.15) is 23.5 Å². The van der Waals surface area contributed by atoms with E-state index >= 15 is 0 Å². The molecule has 0 spiro atoms. The maximum atomic E-state index is 11.0. The summed E-state index contributed by atoms with van der Waals surface area (Å²) in [5.41, 5.74) is 3.32. The average molecular weight is 323 g/mol. The van der Waals surface area contributed by atoms with Gasteiger partial charge in [-0.2, -0.15) is 0 Å². The topological polar surface area (TPSA) is 61.6 Å². The van der Waals surface area contributed by atoms with Crippen molar-refractivity contribution in [3.8, 4) is 33.9 Å². The summed E-state index contributed by atoms with van der Waals surface area (Å²) in [4.78, 5) is 11.0. The normalized spacial score (nSPS) is 10.4. The molecule has 0 N–H and O–H groups in total. The van der Waals surface area contributed by atoms with Gasteiger partial charge in [0.2, 0.25) is 0 Å². The zero-order valence-corrected chi connectivity index (χ0v) is 13.5. The van der Waals surface area contributed by atoms with E-state index < -0.39 is 0 Å². The molecule has 0 saturated heterocycles. The molecule has 3 aromatic rings. The standard InChI is InChI=1S/C19H17NO4/c1-22-15-7-3-13(4-8-15)18-17(11-12-21)24-20-19(18)14-5-9-16(23-2)10-6-14/h3-10,12H,11H2,1-2H3. The molecule has 1 heterocycles. The van der Waals surface area contributed by atoms with Crippen LogP contribution in [0.15, 0.2) is 53.1 Å². The van der Waals surface area contributed by atoms with Crippen molar-refractivity contribution < 1.29 is 18.8 Å². The van der Waals surface area contributed by atoms with Crippen molar-refractivity contribution in [2.45, 2.75) is 6.42 Å². The van der Waals surface area contributed by atoms with Crippen molar-refractivity contribution in [1.82, 2.24) is 5.16 Å². The summed E-state index contributed by atoms with van der Waals surface area (Å²) < 4.78 is 15.8. The van der Waals surface area contributed by atoms with Crippen LogP contribution >= 0.6 is 0 Å². The van der Waals surface area contributed by atoms with Gasteiger partial charge in [0.25, 0.3) is 0 Å². The second kappa shape index (κ2) is 7.00. The second-order valence-electron chi connectivity index (χ2n) is 5.16. The number of aromatic nitrogens is 1. The fourth-order valence-electron chi connectivity index (χ4n) is 2.54. The second-order valence-corrected chi connectivity index (χ2v) is 5.16. The molecule has 0 radical (unpaired) electrons. The van der Waals surface area contributed by atoms with E-state index in [1.165, 1.54) is 0 Å². The summed E-state index contributed by atoms with van der Waals surface area (Å²) in [7, 11) is 3.24. The van der Waals surface area contributed by atoms with Gasteiger partial charge in [-0.1, -0.05) is 17.3 Å². The largest absolute Gasteiger partial charge is 0.497 e. The number of nitrogens with zero attached hydrogens (tertiary/aromatic N) is 1. The molecule has 0 fully saturated rings. The highest BCUT2D eigenvalue weighted by Crippen LogP contribution is 2.36. The molecule has 0 bridgehead atoms. The summed E-state index contributed by atoms with van der Waals surface area (Å²) in [6, 6.07) is 15.1. The molecular weight excluding hydrogens is 306 g/mol. The summed E-state index contributed by atoms with van der Waals surface area (Å²) >= 11 is 0. The number of carbonyl (C=O) groups is 1. The number of hydrogen-bond acceptors (Lipinski definition) is 5. The predicted molar refractivity (Wildman–Crippen MR) is 90.2 cm³/mol. The van der Waals surface area contributed by atoms with E-state index in [9.17, 15) is 4.79 Å². The number of carbonyl (C=O) groups excluding carboxylic acids is 1. The fraction of sp³-hybridized carbons (Fsp3) is 0.158. The Balaban J connectivity index is 2.10. The van der Waals surface area contributed by atoms with Gasteiger partial charge in [-0.25, -0.2) is 0 Å². The van der Waals surface area contributed by atoms with Gasteiger partial charge in [-0.05, 0) is 42.0 Å². The molecule has 0 amide bonds. The Morgan fingerprint density at radius 2 is 1.46 bits per heavy atom. The van der Waals surface area contributed by atoms with Crippen molar-refractivity contribution in [3.63, 3.8) is 0 Å². The van der Waals surface area contributed by atoms with Crippen molar-refractivity contribution in [1.29, 1.82) is 0 Å². The monoisotopic (exact) mass is 323 g/mol. The first-order chi connectivity index (χ1) is 11.8. The van der Waals surface area contributed by atoms with E-state index in [1.54, 1.807) is 14.2 Å². The quantitative estimate of drug-likeness (QED) is 0.646. The van der Waals surface area contributed by atoms with Crippen LogP contribution in [-0.4, -0.2) is 25.7 Å². The molecule has 0 aliphatic heterocycles. The van der Waals surface area contributed by atoms with Crippen molar-refractivity contribution >= 4 is 6.29 Å². The van der Waals surface area contributed by atoms with Crippen LogP contribution in [0, 0.1) is 0 Å². The minimum atomic E-state index is 0.171. The lowest BCUT2D eigenvalue weighted by atomic mass is 9.98. The highest BCUT2D eigenvalue weighted by atomic mass is 16.5. The Bertz CT molecular complexity index is 820. The number of hydrogen-bond donors (Lipinski definition) is 0. The highest BCUT2D eigenvalue weighted by molar-refractivity contribution is 5.83. The van der Waals surface area contributed by atoms with Gasteiger partial charge in [0.05, 0.1) is 26.2 Å². The highest BCUT2D eigenvalue weighted by Gasteiger charge is 2.19. The molecule has 0 aliphatic rings. The predicted octanol–water partition coefficient (Wildman–Crippen LogP) is 3.77. The third-order valence-electron chi connectivity index (χ3n) is 3.77. The number of aldehydes is 1. The van der Waals surface area contributed by atoms with E-state index in [-0.39, 0.29) is 6.42 Å². The first-order valence-electron chi connectivity index (χ1n) is 7.48. The van der Waals surface area contributed by atoms with Crippen LogP contribution in [0.4, 0.5) is 0 Å². The smallest absolute Gasteiger partial charge is 0.152 e. The van der Waals surface area contributed by atoms with Gasteiger partial charge in [-0.15, -0.1) is 0 Å². The lowest BCUT2D eigenvalue weighted by Crippen LogP contribution is -1.90. The molecule has 2 aromatic carbocycles. The summed E-state index contributed by atoms with van der Waals surface area (Å²) in [5.74, 6) is 2.07. The van der Waals surface area contributed by atoms with E-state index in [1.807, 2.05) is 48.5 Å². The minimum absolute atomic E-state index is 0.171. The van der Waals surface area contributed by atoms with Gasteiger partial charge in [0.15, 0.2) is 5.76 Å². The number of benzene rings is 2. The summed E-state index contributed by atoms with van der Waals surface area (Å²) in [6.45, 7) is 0. The van der Waals surface area contributed by atoms with Crippen LogP contribution in [0.3, 0.4) is 0 Å². The fourth-order valence-corrected chi connectivity index (χ4v) is 2.54. The Labute approximate surface area is 139 Å². The summed E-state index contributed by atoms with van der Waals surface area (Å²) in [6.07, 6.45) is 0.982. The van der Waals surface area contributed by atoms with E-state index in [0.29, 0.717) is 11.5 Å². The maximum absolute atomic E-state index is 11.0. The molecular formula is C19H17NO4. The molecule has 5 nitrogen and oxygen atoms in total. The van der Waals surface area contributed by atoms with Crippen LogP contribution in [0.2, 0.25) is 0 Å². The Morgan fingerprint density at radius 1 is 0.917 bits per heavy atom. The third-order valence-corrected chi connectivity index (χ3v) is 3.77. The lowest BCUT2D eigenvalue weighted by molar-refractivity contribution is -0.107. The molecule has 5 heteroatoms. The summed E-state index contributed by atoms with van der Waals surface area (Å²) in [5, 5.41) is 4.17. The number of rotatable bonds is 6. The zero-order chi connectivity index (χ0) is 16.9. The van der Waals surface area contributed by atoms with Crippen LogP contribution in [0.1, 0.15) is 5.76 Å². The van der Waals surface area contributed by atoms with E-state index in [4.69, 9.17) is 14.0 Å². The Hall–Kier alpha value is -3.08. The number of methoxy groups -OCH3 is 2. The van der Waals surface area contributed by atoms with Gasteiger partial charge in [0, 0.05) is 5.56 Å². The molecule has 0 saturated carbocycles. The van der Waals surface area contributed by atoms with Crippen molar-refractivity contribution in [2.75, 3.05) is 14.2 Å². The van der Waals surface area contributed by atoms with Crippen LogP contribution in [0.5, 0.6) is 11.5 Å². The minimum Gasteiger partial charge on any atom is -0.497 e. The zero-order valence-electron chi connectivity index (χ0n) is 13.5. The van der Waals surface area contributed by atoms with Crippen molar-refractivity contribution in [2.24, 2.45) is 0 Å². The lowest BCUT2D eigenvalue weighted by Gasteiger charge is -2.06. The SMILES string of the molecule is COc1ccc(-c2noc(CC=O)c2-c2ccc(OC)cc2)cc1. The maximum Gasteiger partial charge on any atom is 0.152 e. The molecule has 0 unspecified atom stereocenters.